The molecule has 0 amide bonds. The van der Waals surface area contributed by atoms with Gasteiger partial charge in [-0.15, -0.1) is 0 Å². The van der Waals surface area contributed by atoms with E-state index in [2.05, 4.69) is 0 Å². The van der Waals surface area contributed by atoms with Gasteiger partial charge in [-0.05, 0) is 44.4 Å². The molecule has 2 heteroatoms. The maximum absolute atomic E-state index is 11.2. The van der Waals surface area contributed by atoms with Crippen LogP contribution in [0.3, 0.4) is 0 Å². The van der Waals surface area contributed by atoms with E-state index in [-0.39, 0.29) is 6.04 Å². The molecule has 17 heavy (non-hydrogen) atoms. The lowest BCUT2D eigenvalue weighted by Crippen LogP contribution is -2.57. The van der Waals surface area contributed by atoms with Crippen LogP contribution in [0.5, 0.6) is 0 Å². The fraction of sp³-hybridized carbons (Fsp3) is 1.00. The Morgan fingerprint density at radius 3 is 1.53 bits per heavy atom. The molecule has 2 nitrogen and oxygen atoms in total. The molecule has 2 rings (SSSR count). The molecule has 2 saturated carbocycles. The molecule has 3 N–H and O–H groups in total. The summed E-state index contributed by atoms with van der Waals surface area (Å²) >= 11 is 0. The van der Waals surface area contributed by atoms with Crippen molar-refractivity contribution in [1.29, 1.82) is 0 Å². The van der Waals surface area contributed by atoms with E-state index in [0.717, 1.165) is 0 Å². The zero-order valence-corrected chi connectivity index (χ0v) is 11.3. The summed E-state index contributed by atoms with van der Waals surface area (Å²) in [6, 6.07) is -0.0753. The molecule has 2 aliphatic carbocycles. The monoisotopic (exact) mass is 239 g/mol. The van der Waals surface area contributed by atoms with Crippen LogP contribution in [0.1, 0.15) is 71.1 Å². The summed E-state index contributed by atoms with van der Waals surface area (Å²) < 4.78 is 0. The zero-order chi connectivity index (χ0) is 12.3. The van der Waals surface area contributed by atoms with Crippen LogP contribution in [0, 0.1) is 11.8 Å². The summed E-state index contributed by atoms with van der Waals surface area (Å²) in [4.78, 5) is 0. The van der Waals surface area contributed by atoms with Crippen molar-refractivity contribution in [3.8, 4) is 0 Å². The highest BCUT2D eigenvalue weighted by atomic mass is 16.3. The van der Waals surface area contributed by atoms with Gasteiger partial charge in [-0.2, -0.15) is 0 Å². The molecule has 0 heterocycles. The van der Waals surface area contributed by atoms with Gasteiger partial charge in [0.1, 0.15) is 0 Å². The average Bonchev–Trinajstić information content (AvgIpc) is 2.39. The number of hydrogen-bond acceptors (Lipinski definition) is 2. The molecular weight excluding hydrogens is 210 g/mol. The van der Waals surface area contributed by atoms with E-state index in [4.69, 9.17) is 5.73 Å². The number of aliphatic hydroxyl groups is 1. The van der Waals surface area contributed by atoms with Crippen LogP contribution in [0.15, 0.2) is 0 Å². The highest BCUT2D eigenvalue weighted by Crippen LogP contribution is 2.44. The number of nitrogens with two attached hydrogens (primary N) is 1. The summed E-state index contributed by atoms with van der Waals surface area (Å²) in [6.07, 6.45) is 12.6. The lowest BCUT2D eigenvalue weighted by atomic mass is 9.64. The maximum Gasteiger partial charge on any atom is 0.0851 e. The summed E-state index contributed by atoms with van der Waals surface area (Å²) in [6.45, 7) is 2.02. The predicted molar refractivity (Wildman–Crippen MR) is 71.7 cm³/mol. The second-order valence-corrected chi connectivity index (χ2v) is 6.35. The highest BCUT2D eigenvalue weighted by molar-refractivity contribution is 4.99. The van der Waals surface area contributed by atoms with Crippen molar-refractivity contribution < 1.29 is 5.11 Å². The molecule has 1 atom stereocenters. The summed E-state index contributed by atoms with van der Waals surface area (Å²) in [5.74, 6) is 0.915. The van der Waals surface area contributed by atoms with Crippen LogP contribution in [-0.2, 0) is 0 Å². The standard InChI is InChI=1S/C15H29NO/c1-12(16)15(17,13-8-4-2-5-9-13)14-10-6-3-7-11-14/h12-14,17H,2-11,16H2,1H3. The van der Waals surface area contributed by atoms with Crippen LogP contribution in [0.4, 0.5) is 0 Å². The first-order valence-electron chi connectivity index (χ1n) is 7.63. The van der Waals surface area contributed by atoms with Gasteiger partial charge in [0.15, 0.2) is 0 Å². The maximum atomic E-state index is 11.2. The highest BCUT2D eigenvalue weighted by Gasteiger charge is 2.46. The van der Waals surface area contributed by atoms with Gasteiger partial charge in [-0.3, -0.25) is 0 Å². The molecule has 0 spiro atoms. The molecule has 0 aliphatic heterocycles. The van der Waals surface area contributed by atoms with E-state index < -0.39 is 5.60 Å². The first-order valence-corrected chi connectivity index (χ1v) is 7.63. The Bertz CT molecular complexity index is 209. The van der Waals surface area contributed by atoms with Gasteiger partial charge < -0.3 is 10.8 Å². The molecule has 0 radical (unpaired) electrons. The first kappa shape index (κ1) is 13.4. The Balaban J connectivity index is 2.11. The van der Waals surface area contributed by atoms with Crippen molar-refractivity contribution in [2.45, 2.75) is 82.8 Å². The van der Waals surface area contributed by atoms with E-state index >= 15 is 0 Å². The summed E-state index contributed by atoms with van der Waals surface area (Å²) in [7, 11) is 0. The fourth-order valence-corrected chi connectivity index (χ4v) is 4.21. The van der Waals surface area contributed by atoms with Gasteiger partial charge in [0.05, 0.1) is 5.60 Å². The largest absolute Gasteiger partial charge is 0.388 e. The minimum absolute atomic E-state index is 0.0753. The lowest BCUT2D eigenvalue weighted by Gasteiger charge is -2.48. The fourth-order valence-electron chi connectivity index (χ4n) is 4.21. The van der Waals surface area contributed by atoms with E-state index in [1.807, 2.05) is 6.92 Å². The van der Waals surface area contributed by atoms with Crippen molar-refractivity contribution in [2.75, 3.05) is 0 Å². The normalized spacial score (nSPS) is 27.0. The quantitative estimate of drug-likeness (QED) is 0.794. The van der Waals surface area contributed by atoms with E-state index in [1.54, 1.807) is 0 Å². The van der Waals surface area contributed by atoms with Gasteiger partial charge in [-0.1, -0.05) is 38.5 Å². The molecule has 2 fully saturated rings. The molecular formula is C15H29NO. The Morgan fingerprint density at radius 1 is 0.882 bits per heavy atom. The molecule has 2 aliphatic rings. The number of hydrogen-bond donors (Lipinski definition) is 2. The SMILES string of the molecule is CC(N)C(O)(C1CCCCC1)C1CCCCC1. The topological polar surface area (TPSA) is 46.2 Å². The first-order chi connectivity index (χ1) is 8.15. The van der Waals surface area contributed by atoms with Gasteiger partial charge in [0, 0.05) is 6.04 Å². The minimum Gasteiger partial charge on any atom is -0.388 e. The van der Waals surface area contributed by atoms with Gasteiger partial charge in [0.2, 0.25) is 0 Å². The molecule has 0 saturated heterocycles. The van der Waals surface area contributed by atoms with Crippen LogP contribution < -0.4 is 5.73 Å². The van der Waals surface area contributed by atoms with Gasteiger partial charge >= 0.3 is 0 Å². The van der Waals surface area contributed by atoms with E-state index in [9.17, 15) is 5.11 Å². The average molecular weight is 239 g/mol. The van der Waals surface area contributed by atoms with Crippen LogP contribution in [-0.4, -0.2) is 16.7 Å². The van der Waals surface area contributed by atoms with Crippen LogP contribution in [0.2, 0.25) is 0 Å². The van der Waals surface area contributed by atoms with Crippen molar-refractivity contribution in [1.82, 2.24) is 0 Å². The smallest absolute Gasteiger partial charge is 0.0851 e. The third kappa shape index (κ3) is 2.68. The zero-order valence-electron chi connectivity index (χ0n) is 11.3. The van der Waals surface area contributed by atoms with Crippen molar-refractivity contribution in [3.05, 3.63) is 0 Å². The van der Waals surface area contributed by atoms with Crippen LogP contribution >= 0.6 is 0 Å². The van der Waals surface area contributed by atoms with Crippen molar-refractivity contribution in [3.63, 3.8) is 0 Å². The van der Waals surface area contributed by atoms with E-state index in [0.29, 0.717) is 11.8 Å². The summed E-state index contributed by atoms with van der Waals surface area (Å²) in [5, 5.41) is 11.2. The molecule has 100 valence electrons. The van der Waals surface area contributed by atoms with Gasteiger partial charge in [0.25, 0.3) is 0 Å². The second-order valence-electron chi connectivity index (χ2n) is 6.35. The third-order valence-electron chi connectivity index (χ3n) is 5.25. The predicted octanol–water partition coefficient (Wildman–Crippen LogP) is 3.23. The second kappa shape index (κ2) is 5.71. The minimum atomic E-state index is -0.582. The Kier molecular flexibility index (Phi) is 4.48. The summed E-state index contributed by atoms with van der Waals surface area (Å²) in [5.41, 5.74) is 5.60. The molecule has 0 aromatic heterocycles. The number of rotatable bonds is 3. The van der Waals surface area contributed by atoms with Gasteiger partial charge in [-0.25, -0.2) is 0 Å². The van der Waals surface area contributed by atoms with Crippen molar-refractivity contribution in [2.24, 2.45) is 17.6 Å². The molecule has 0 aromatic carbocycles. The Labute approximate surface area is 106 Å². The third-order valence-corrected chi connectivity index (χ3v) is 5.25. The Hall–Kier alpha value is -0.0800. The van der Waals surface area contributed by atoms with Crippen molar-refractivity contribution >= 4 is 0 Å². The Morgan fingerprint density at radius 2 is 1.24 bits per heavy atom. The van der Waals surface area contributed by atoms with Crippen LogP contribution in [0.25, 0.3) is 0 Å². The molecule has 1 unspecified atom stereocenters. The molecule has 0 aromatic rings. The lowest BCUT2D eigenvalue weighted by molar-refractivity contribution is -0.106. The van der Waals surface area contributed by atoms with E-state index in [1.165, 1.54) is 64.2 Å². The molecule has 0 bridgehead atoms.